The normalized spacial score (nSPS) is 20.0. The van der Waals surface area contributed by atoms with E-state index in [1.54, 1.807) is 0 Å². The minimum absolute atomic E-state index is 0.0323. The van der Waals surface area contributed by atoms with Crippen molar-refractivity contribution in [2.45, 2.75) is 256 Å². The molecule has 1 fully saturated rings. The molecule has 6 atom stereocenters. The van der Waals surface area contributed by atoms with Gasteiger partial charge in [-0.1, -0.05) is 179 Å². The van der Waals surface area contributed by atoms with E-state index in [9.17, 15) is 33.1 Å². The number of carbonyl (C=O) groups is 1. The molecule has 376 valence electrons. The number of rotatable bonds is 45. The van der Waals surface area contributed by atoms with E-state index in [0.717, 1.165) is 51.4 Å². The predicted molar refractivity (Wildman–Crippen MR) is 257 cm³/mol. The molecule has 0 aromatic heterocycles. The molecular weight excluding hydrogens is 837 g/mol. The Hall–Kier alpha value is -1.68. The van der Waals surface area contributed by atoms with Crippen molar-refractivity contribution < 1.29 is 56.2 Å². The fourth-order valence-corrected chi connectivity index (χ4v) is 8.32. The zero-order valence-corrected chi connectivity index (χ0v) is 41.2. The van der Waals surface area contributed by atoms with E-state index >= 15 is 0 Å². The molecule has 0 aliphatic carbocycles. The Kier molecular flexibility index (Phi) is 40.2. The summed E-state index contributed by atoms with van der Waals surface area (Å²) in [4.78, 5) is 12.9. The third kappa shape index (κ3) is 35.5. The van der Waals surface area contributed by atoms with Gasteiger partial charge in [-0.2, -0.15) is 8.42 Å². The first-order valence-electron chi connectivity index (χ1n) is 25.7. The SMILES string of the molecule is CCCCCC/C=C\CCCCCCCCOCC(COC1OC(CO)C(O)C(OS(=O)(=O)O)C1O)OC(=O)CCCCCCCCCCCCC/C=C\C/C=C\CCCCCCC. The van der Waals surface area contributed by atoms with Crippen molar-refractivity contribution in [3.63, 3.8) is 0 Å². The molecule has 0 radical (unpaired) electrons. The minimum atomic E-state index is -5.06. The molecule has 1 saturated heterocycles. The maximum absolute atomic E-state index is 12.9. The summed E-state index contributed by atoms with van der Waals surface area (Å²) >= 11 is 0. The predicted octanol–water partition coefficient (Wildman–Crippen LogP) is 11.7. The lowest BCUT2D eigenvalue weighted by molar-refractivity contribution is -0.301. The Bertz CT molecular complexity index is 1260. The zero-order valence-electron chi connectivity index (χ0n) is 40.3. The quantitative estimate of drug-likeness (QED) is 0.0197. The van der Waals surface area contributed by atoms with Gasteiger partial charge in [0.05, 0.1) is 19.8 Å². The van der Waals surface area contributed by atoms with Crippen molar-refractivity contribution in [1.29, 1.82) is 0 Å². The molecule has 1 heterocycles. The standard InChI is InChI=1S/C51H94O12S/c1-3-5-7-9-11-13-15-17-19-20-21-22-23-24-25-26-27-28-30-32-34-36-38-40-47(53)61-45(43-59-41-39-37-35-33-31-29-18-16-14-12-10-8-6-4-2)44-60-51-49(55)50(63-64(56,57)58)48(54)46(42-52)62-51/h14-17,20-21,45-46,48-52,54-55H,3-13,18-19,22-44H2,1-2H3,(H,56,57,58)/b16-14-,17-15-,21-20-. The number of hydrogen-bond acceptors (Lipinski definition) is 11. The van der Waals surface area contributed by atoms with Gasteiger partial charge in [0, 0.05) is 13.0 Å². The monoisotopic (exact) mass is 931 g/mol. The molecule has 64 heavy (non-hydrogen) atoms. The second-order valence-electron chi connectivity index (χ2n) is 17.8. The van der Waals surface area contributed by atoms with Gasteiger partial charge in [0.2, 0.25) is 0 Å². The number of esters is 1. The maximum Gasteiger partial charge on any atom is 0.397 e. The molecule has 1 aliphatic rings. The summed E-state index contributed by atoms with van der Waals surface area (Å²) in [7, 11) is -5.06. The molecule has 6 unspecified atom stereocenters. The number of unbranched alkanes of at least 4 members (excludes halogenated alkanes) is 26. The molecule has 4 N–H and O–H groups in total. The number of aliphatic hydroxyl groups excluding tert-OH is 3. The molecule has 12 nitrogen and oxygen atoms in total. The van der Waals surface area contributed by atoms with Gasteiger partial charge in [0.25, 0.3) is 0 Å². The smallest absolute Gasteiger partial charge is 0.397 e. The van der Waals surface area contributed by atoms with Crippen LogP contribution in [0.15, 0.2) is 36.5 Å². The van der Waals surface area contributed by atoms with Crippen LogP contribution in [0.25, 0.3) is 0 Å². The summed E-state index contributed by atoms with van der Waals surface area (Å²) in [6.45, 7) is 3.97. The average molecular weight is 931 g/mol. The van der Waals surface area contributed by atoms with Crippen molar-refractivity contribution in [3.8, 4) is 0 Å². The fourth-order valence-electron chi connectivity index (χ4n) is 7.82. The first-order chi connectivity index (χ1) is 31.1. The van der Waals surface area contributed by atoms with E-state index in [1.165, 1.54) is 141 Å². The average Bonchev–Trinajstić information content (AvgIpc) is 3.27. The van der Waals surface area contributed by atoms with Crippen molar-refractivity contribution in [3.05, 3.63) is 36.5 Å². The highest BCUT2D eigenvalue weighted by atomic mass is 32.3. The summed E-state index contributed by atoms with van der Waals surface area (Å²) < 4.78 is 59.2. The van der Waals surface area contributed by atoms with Crippen LogP contribution in [0.1, 0.15) is 219 Å². The van der Waals surface area contributed by atoms with Gasteiger partial charge in [-0.3, -0.25) is 9.35 Å². The lowest BCUT2D eigenvalue weighted by Crippen LogP contribution is -2.60. The van der Waals surface area contributed by atoms with E-state index in [0.29, 0.717) is 13.0 Å². The van der Waals surface area contributed by atoms with E-state index in [2.05, 4.69) is 54.5 Å². The highest BCUT2D eigenvalue weighted by Crippen LogP contribution is 2.26. The van der Waals surface area contributed by atoms with Crippen LogP contribution in [0.4, 0.5) is 0 Å². The second-order valence-corrected chi connectivity index (χ2v) is 18.8. The van der Waals surface area contributed by atoms with Crippen LogP contribution in [-0.4, -0.2) is 97.5 Å². The molecule has 1 aliphatic heterocycles. The van der Waals surface area contributed by atoms with Crippen molar-refractivity contribution in [1.82, 2.24) is 0 Å². The van der Waals surface area contributed by atoms with Crippen molar-refractivity contribution in [2.24, 2.45) is 0 Å². The highest BCUT2D eigenvalue weighted by Gasteiger charge is 2.48. The van der Waals surface area contributed by atoms with Crippen LogP contribution in [0, 0.1) is 0 Å². The van der Waals surface area contributed by atoms with Gasteiger partial charge in [-0.25, -0.2) is 4.18 Å². The van der Waals surface area contributed by atoms with Gasteiger partial charge in [0.15, 0.2) is 6.29 Å². The van der Waals surface area contributed by atoms with E-state index in [-0.39, 0.29) is 19.6 Å². The first kappa shape index (κ1) is 60.3. The van der Waals surface area contributed by atoms with Crippen LogP contribution >= 0.6 is 0 Å². The summed E-state index contributed by atoms with van der Waals surface area (Å²) in [5.41, 5.74) is 0. The molecule has 13 heteroatoms. The number of aliphatic hydroxyl groups is 3. The molecule has 0 bridgehead atoms. The summed E-state index contributed by atoms with van der Waals surface area (Å²) in [6, 6.07) is 0. The van der Waals surface area contributed by atoms with Crippen LogP contribution in [0.3, 0.4) is 0 Å². The Morgan fingerprint density at radius 3 is 1.52 bits per heavy atom. The minimum Gasteiger partial charge on any atom is -0.457 e. The van der Waals surface area contributed by atoms with Crippen molar-refractivity contribution >= 4 is 16.4 Å². The van der Waals surface area contributed by atoms with E-state index < -0.39 is 59.8 Å². The Labute approximate surface area is 390 Å². The van der Waals surface area contributed by atoms with Gasteiger partial charge < -0.3 is 34.3 Å². The lowest BCUT2D eigenvalue weighted by atomic mass is 9.99. The van der Waals surface area contributed by atoms with Crippen LogP contribution in [0.5, 0.6) is 0 Å². The fraction of sp³-hybridized carbons (Fsp3) is 0.863. The topological polar surface area (TPSA) is 178 Å². The number of carbonyl (C=O) groups excluding carboxylic acids is 1. The maximum atomic E-state index is 12.9. The molecule has 0 amide bonds. The third-order valence-electron chi connectivity index (χ3n) is 11.7. The molecule has 0 aromatic carbocycles. The van der Waals surface area contributed by atoms with Gasteiger partial charge in [-0.05, 0) is 70.6 Å². The van der Waals surface area contributed by atoms with Crippen LogP contribution in [-0.2, 0) is 38.3 Å². The van der Waals surface area contributed by atoms with Gasteiger partial charge in [-0.15, -0.1) is 0 Å². The third-order valence-corrected chi connectivity index (χ3v) is 12.2. The molecular formula is C51H94O12S. The number of ether oxygens (including phenoxy) is 4. The van der Waals surface area contributed by atoms with Crippen LogP contribution in [0.2, 0.25) is 0 Å². The molecule has 0 saturated carbocycles. The van der Waals surface area contributed by atoms with Gasteiger partial charge in [0.1, 0.15) is 30.5 Å². The summed E-state index contributed by atoms with van der Waals surface area (Å²) in [5.74, 6) is -0.402. The van der Waals surface area contributed by atoms with Gasteiger partial charge >= 0.3 is 16.4 Å². The van der Waals surface area contributed by atoms with Crippen LogP contribution < -0.4 is 0 Å². The summed E-state index contributed by atoms with van der Waals surface area (Å²) in [6.07, 6.45) is 41.7. The van der Waals surface area contributed by atoms with Crippen molar-refractivity contribution in [2.75, 3.05) is 26.4 Å². The first-order valence-corrected chi connectivity index (χ1v) is 27.1. The Morgan fingerprint density at radius 2 is 1.03 bits per heavy atom. The second kappa shape index (κ2) is 42.7. The summed E-state index contributed by atoms with van der Waals surface area (Å²) in [5, 5.41) is 30.7. The number of hydrogen-bond donors (Lipinski definition) is 4. The lowest BCUT2D eigenvalue weighted by Gasteiger charge is -2.41. The van der Waals surface area contributed by atoms with E-state index in [4.69, 9.17) is 18.9 Å². The Balaban J connectivity index is 2.34. The molecule has 0 aromatic rings. The highest BCUT2D eigenvalue weighted by molar-refractivity contribution is 7.80. The zero-order chi connectivity index (χ0) is 46.8. The Morgan fingerprint density at radius 1 is 0.594 bits per heavy atom. The largest absolute Gasteiger partial charge is 0.457 e. The molecule has 0 spiro atoms. The van der Waals surface area contributed by atoms with E-state index in [1.807, 2.05) is 0 Å². The number of allylic oxidation sites excluding steroid dienone is 6. The molecule has 1 rings (SSSR count).